The van der Waals surface area contributed by atoms with Gasteiger partial charge in [-0.15, -0.1) is 0 Å². The Labute approximate surface area is 267 Å². The van der Waals surface area contributed by atoms with E-state index in [-0.39, 0.29) is 21.9 Å². The molecule has 5 N–H and O–H groups in total. The molecule has 1 aliphatic carbocycles. The zero-order valence-corrected chi connectivity index (χ0v) is 27.6. The Kier molecular flexibility index (Phi) is 8.45. The van der Waals surface area contributed by atoms with Crippen molar-refractivity contribution >= 4 is 23.2 Å². The quantitative estimate of drug-likeness (QED) is 0.138. The highest BCUT2D eigenvalue weighted by molar-refractivity contribution is 5.45. The van der Waals surface area contributed by atoms with Crippen molar-refractivity contribution in [3.8, 4) is 0 Å². The van der Waals surface area contributed by atoms with Crippen LogP contribution in [-0.2, 0) is 30.1 Å². The Morgan fingerprint density at radius 2 is 1.26 bits per heavy atom. The van der Waals surface area contributed by atoms with E-state index in [9.17, 15) is 9.59 Å². The van der Waals surface area contributed by atoms with Gasteiger partial charge in [-0.05, 0) is 55.3 Å². The van der Waals surface area contributed by atoms with Crippen LogP contribution in [0.5, 0.6) is 0 Å². The Bertz CT molecular complexity index is 1970. The molecule has 0 bridgehead atoms. The van der Waals surface area contributed by atoms with E-state index < -0.39 is 0 Å². The van der Waals surface area contributed by atoms with Crippen LogP contribution < -0.4 is 27.1 Å². The molecule has 1 aliphatic rings. The molecule has 244 valence electrons. The van der Waals surface area contributed by atoms with Crippen molar-refractivity contribution in [2.24, 2.45) is 0 Å². The third-order valence-electron chi connectivity index (χ3n) is 8.25. The first kappa shape index (κ1) is 31.5. The summed E-state index contributed by atoms with van der Waals surface area (Å²) in [4.78, 5) is 42.4. The van der Waals surface area contributed by atoms with Gasteiger partial charge >= 0.3 is 0 Å². The number of fused-ring (bicyclic) bond motifs is 3. The summed E-state index contributed by atoms with van der Waals surface area (Å²) in [5.41, 5.74) is 4.47. The lowest BCUT2D eigenvalue weighted by Crippen LogP contribution is -2.31. The number of aromatic amines is 2. The van der Waals surface area contributed by atoms with Gasteiger partial charge in [0.1, 0.15) is 11.6 Å². The van der Waals surface area contributed by atoms with E-state index in [1.165, 1.54) is 28.8 Å². The van der Waals surface area contributed by atoms with Crippen LogP contribution in [-0.4, -0.2) is 64.8 Å². The highest BCUT2D eigenvalue weighted by Crippen LogP contribution is 2.25. The van der Waals surface area contributed by atoms with E-state index in [1.54, 1.807) is 9.03 Å². The normalized spacial score (nSPS) is 15.1. The molecule has 5 aromatic rings. The van der Waals surface area contributed by atoms with E-state index in [0.29, 0.717) is 40.9 Å². The predicted octanol–water partition coefficient (Wildman–Crippen LogP) is 3.35. The molecule has 6 rings (SSSR count). The fourth-order valence-corrected chi connectivity index (χ4v) is 5.78. The Morgan fingerprint density at radius 1 is 0.717 bits per heavy atom. The maximum Gasteiger partial charge on any atom is 0.266 e. The molecular weight excluding hydrogens is 582 g/mol. The number of benzene rings is 1. The first-order valence-electron chi connectivity index (χ1n) is 16.2. The van der Waals surface area contributed by atoms with E-state index in [4.69, 9.17) is 4.98 Å². The summed E-state index contributed by atoms with van der Waals surface area (Å²) in [6, 6.07) is 10.3. The Morgan fingerprint density at radius 3 is 1.83 bits per heavy atom. The predicted molar refractivity (Wildman–Crippen MR) is 180 cm³/mol. The second-order valence-corrected chi connectivity index (χ2v) is 14.3. The second-order valence-electron chi connectivity index (χ2n) is 14.3. The van der Waals surface area contributed by atoms with Crippen LogP contribution in [0.4, 0.5) is 11.9 Å². The van der Waals surface area contributed by atoms with Gasteiger partial charge in [0.2, 0.25) is 11.9 Å². The van der Waals surface area contributed by atoms with Crippen LogP contribution in [0.1, 0.15) is 82.7 Å². The van der Waals surface area contributed by atoms with Gasteiger partial charge in [-0.3, -0.25) is 19.8 Å². The average molecular weight is 628 g/mol. The summed E-state index contributed by atoms with van der Waals surface area (Å²) in [6.45, 7) is 14.7. The fourth-order valence-electron chi connectivity index (χ4n) is 5.78. The third kappa shape index (κ3) is 6.99. The highest BCUT2D eigenvalue weighted by atomic mass is 16.1. The molecule has 0 aliphatic heterocycles. The summed E-state index contributed by atoms with van der Waals surface area (Å²) >= 11 is 0. The van der Waals surface area contributed by atoms with Crippen molar-refractivity contribution in [1.29, 1.82) is 0 Å². The minimum Gasteiger partial charge on any atom is -0.354 e. The van der Waals surface area contributed by atoms with E-state index >= 15 is 0 Å². The molecule has 0 spiro atoms. The average Bonchev–Trinajstić information content (AvgIpc) is 3.68. The standard InChI is InChI=1S/C33H45N11O2/c1-32(2,3)28-37-24-18-26(45)41-43(24)30(39-28)35-12-7-9-20-10-11-21-16-23(17-22(21)15-20)34-13-8-14-36-31-40-29(33(4,5)6)38-25-19-27(46)42-44(25)31/h10-11,15,18-19,23,34H,7-9,12-14,16-17H2,1-6H3,(H,41,45)(H,42,46)(H,35,37,39)(H,36,38,40). The number of hydrogen-bond donors (Lipinski definition) is 5. The number of aryl methyl sites for hydroxylation is 1. The Hall–Kier alpha value is -4.52. The summed E-state index contributed by atoms with van der Waals surface area (Å²) in [5.74, 6) is 2.61. The first-order valence-corrected chi connectivity index (χ1v) is 16.2. The van der Waals surface area contributed by atoms with Crippen LogP contribution in [0.3, 0.4) is 0 Å². The molecule has 1 atom stereocenters. The van der Waals surface area contributed by atoms with Gasteiger partial charge in [0, 0.05) is 42.1 Å². The molecule has 1 unspecified atom stereocenters. The van der Waals surface area contributed by atoms with Gasteiger partial charge in [-0.2, -0.15) is 9.97 Å². The molecule has 4 heterocycles. The lowest BCUT2D eigenvalue weighted by atomic mass is 9.96. The Balaban J connectivity index is 0.969. The summed E-state index contributed by atoms with van der Waals surface area (Å²) in [6.07, 6.45) is 4.86. The molecule has 0 amide bonds. The lowest BCUT2D eigenvalue weighted by Gasteiger charge is -2.18. The number of H-pyrrole nitrogens is 2. The fraction of sp³-hybridized carbons (Fsp3) is 0.515. The molecule has 4 aromatic heterocycles. The minimum absolute atomic E-state index is 0.194. The molecule has 46 heavy (non-hydrogen) atoms. The summed E-state index contributed by atoms with van der Waals surface area (Å²) < 4.78 is 3.24. The topological polar surface area (TPSA) is 162 Å². The largest absolute Gasteiger partial charge is 0.354 e. The highest BCUT2D eigenvalue weighted by Gasteiger charge is 2.23. The number of nitrogens with one attached hydrogen (secondary N) is 5. The van der Waals surface area contributed by atoms with Gasteiger partial charge in [-0.25, -0.2) is 19.0 Å². The number of hydrogen-bond acceptors (Lipinski definition) is 9. The van der Waals surface area contributed by atoms with Crippen molar-refractivity contribution in [3.05, 3.63) is 79.4 Å². The van der Waals surface area contributed by atoms with Crippen LogP contribution >= 0.6 is 0 Å². The van der Waals surface area contributed by atoms with Gasteiger partial charge in [0.05, 0.1) is 0 Å². The van der Waals surface area contributed by atoms with Crippen molar-refractivity contribution in [2.45, 2.75) is 90.5 Å². The molecular formula is C33H45N11O2. The molecule has 13 nitrogen and oxygen atoms in total. The molecule has 0 radical (unpaired) electrons. The van der Waals surface area contributed by atoms with Crippen molar-refractivity contribution in [2.75, 3.05) is 30.3 Å². The van der Waals surface area contributed by atoms with Crippen LogP contribution in [0.15, 0.2) is 39.9 Å². The van der Waals surface area contributed by atoms with Crippen LogP contribution in [0.2, 0.25) is 0 Å². The van der Waals surface area contributed by atoms with Gasteiger partial charge in [-0.1, -0.05) is 59.7 Å². The number of aromatic nitrogens is 8. The zero-order chi connectivity index (χ0) is 32.6. The number of anilines is 2. The van der Waals surface area contributed by atoms with Crippen molar-refractivity contribution < 1.29 is 0 Å². The monoisotopic (exact) mass is 627 g/mol. The van der Waals surface area contributed by atoms with Gasteiger partial charge < -0.3 is 16.0 Å². The lowest BCUT2D eigenvalue weighted by molar-refractivity contribution is 0.526. The molecule has 1 aromatic carbocycles. The number of rotatable bonds is 11. The van der Waals surface area contributed by atoms with Crippen LogP contribution in [0.25, 0.3) is 11.3 Å². The molecule has 0 saturated carbocycles. The summed E-state index contributed by atoms with van der Waals surface area (Å²) in [7, 11) is 0. The van der Waals surface area contributed by atoms with Crippen molar-refractivity contribution in [1.82, 2.24) is 44.5 Å². The molecule has 0 fully saturated rings. The van der Waals surface area contributed by atoms with E-state index in [2.05, 4.69) is 101 Å². The molecule has 13 heteroatoms. The van der Waals surface area contributed by atoms with Gasteiger partial charge in [0.15, 0.2) is 11.3 Å². The second kappa shape index (κ2) is 12.3. The molecule has 0 saturated heterocycles. The number of nitrogens with zero attached hydrogens (tertiary/aromatic N) is 6. The maximum atomic E-state index is 12.0. The van der Waals surface area contributed by atoms with Crippen molar-refractivity contribution in [3.63, 3.8) is 0 Å². The zero-order valence-electron chi connectivity index (χ0n) is 27.6. The maximum absolute atomic E-state index is 12.0. The van der Waals surface area contributed by atoms with E-state index in [0.717, 1.165) is 51.7 Å². The van der Waals surface area contributed by atoms with Gasteiger partial charge in [0.25, 0.3) is 11.1 Å². The first-order chi connectivity index (χ1) is 21.8. The minimum atomic E-state index is -0.230. The smallest absolute Gasteiger partial charge is 0.266 e. The summed E-state index contributed by atoms with van der Waals surface area (Å²) in [5, 5.41) is 16.1. The SMILES string of the molecule is CC(C)(C)c1nc(NCCCNC2Cc3ccc(CCCNc4nc(C(C)(C)C)nc5cc(=O)[nH]n45)cc3C2)n2[nH]c(=O)cc2n1. The van der Waals surface area contributed by atoms with E-state index in [1.807, 2.05) is 0 Å². The third-order valence-corrected chi connectivity index (χ3v) is 8.25. The van der Waals surface area contributed by atoms with Crippen LogP contribution in [0, 0.1) is 0 Å².